The van der Waals surface area contributed by atoms with Crippen molar-refractivity contribution in [2.75, 3.05) is 13.1 Å². The molecule has 3 aromatic carbocycles. The fourth-order valence-corrected chi connectivity index (χ4v) is 14.0. The van der Waals surface area contributed by atoms with Crippen LogP contribution in [0, 0.1) is 0 Å². The molecule has 4 aliphatic carbocycles. The molecule has 1 atom stereocenters. The summed E-state index contributed by atoms with van der Waals surface area (Å²) in [5.41, 5.74) is 10.4. The number of H-pyrrole nitrogens is 3. The number of carbonyl (C=O) groups excluding carboxylic acids is 7. The number of aromatic nitrogens is 8. The van der Waals surface area contributed by atoms with Crippen molar-refractivity contribution in [1.29, 1.82) is 0 Å². The highest BCUT2D eigenvalue weighted by Crippen LogP contribution is 2.61. The summed E-state index contributed by atoms with van der Waals surface area (Å²) in [6.07, 6.45) is 20.1. The molecule has 118 heavy (non-hydrogen) atoms. The summed E-state index contributed by atoms with van der Waals surface area (Å²) in [6, 6.07) is 35.4. The Kier molecular flexibility index (Phi) is 34.7. The Balaban J connectivity index is 0.000000170. The van der Waals surface area contributed by atoms with Gasteiger partial charge in [0.1, 0.15) is 42.8 Å². The number of piperidine rings is 1. The molecule has 0 radical (unpaired) electrons. The van der Waals surface area contributed by atoms with Crippen LogP contribution in [0.2, 0.25) is 25.8 Å². The number of nitrogens with one attached hydrogen (secondary N) is 3. The number of amides is 4. The Bertz CT molecular complexity index is 5640. The zero-order valence-corrected chi connectivity index (χ0v) is 73.7. The smallest absolute Gasteiger partial charge is 0.417 e. The number of carbonyl (C=O) groups is 7. The third-order valence-corrected chi connectivity index (χ3v) is 19.9. The molecule has 4 N–H and O–H groups in total. The van der Waals surface area contributed by atoms with Crippen molar-refractivity contribution in [2.45, 2.75) is 141 Å². The van der Waals surface area contributed by atoms with E-state index in [0.717, 1.165) is 151 Å². The van der Waals surface area contributed by atoms with Crippen molar-refractivity contribution in [3.05, 3.63) is 261 Å². The van der Waals surface area contributed by atoms with Crippen LogP contribution in [0.3, 0.4) is 0 Å². The number of rotatable bonds is 0. The molecule has 1 fully saturated rings. The number of ether oxygens (including phenoxy) is 2. The lowest BCUT2D eigenvalue weighted by Crippen LogP contribution is -2.45. The van der Waals surface area contributed by atoms with Gasteiger partial charge in [0.25, 0.3) is 5.91 Å². The molecule has 620 valence electrons. The lowest BCUT2D eigenvalue weighted by molar-refractivity contribution is -0.138. The van der Waals surface area contributed by atoms with Gasteiger partial charge in [0.2, 0.25) is 17.0 Å². The number of imide groups is 2. The van der Waals surface area contributed by atoms with Crippen molar-refractivity contribution >= 4 is 205 Å². The number of aryl methyl sites for hydroxylation is 4. The Hall–Kier alpha value is -8.95. The van der Waals surface area contributed by atoms with Crippen LogP contribution < -0.4 is 11.1 Å². The standard InChI is InChI=1S/C19H20ClN3O3.C10H15NO4.C9H7BrClNO.C9H9ClN2O.C9H8ClNO.C9H6ClN.2C9H7NO.Cl3OP.ClH/c1-19(2,3)26-18(25)23-7-6-13-15(17(23)24)11-5-4-10-9-21-14(20)8-12(10)16(11)22-13;1-10(2,3)15-9(14)11-5-4-7(12)6-8(11)13;10-7-2-1-5-4-12-8(11)3-6(5)9(7)13;10-9-4-7-6(5-11-9)2-1-3-8(7)12-13;10-9-4-7-6(5-11-9)2-1-3-8(7)12;10-9-5-7-3-1-2-4-8(7)6-11-9;2*11-9-5-7-3-1-2-4-8(7)6-10-9;1-5(2,3)4;/h8-9,22H,4-7H2,1-3H3;4-6H2,1-3H3;3-4,7H,1-2H2;4-5,13H,1-3H2;4-5H,1-3H2;1-6H;2*1-6H,(H,10,11);;1H/b;;;12-8+;;;;;;. The molecule has 11 aromatic rings. The van der Waals surface area contributed by atoms with Gasteiger partial charge in [-0.3, -0.25) is 38.1 Å². The minimum Gasteiger partial charge on any atom is -0.443 e. The molecule has 35 heteroatoms. The first kappa shape index (κ1) is 94.5. The third kappa shape index (κ3) is 28.1. The number of fused-ring (bicyclic) bond motifs is 11. The van der Waals surface area contributed by atoms with E-state index in [4.69, 9.17) is 72.7 Å². The van der Waals surface area contributed by atoms with E-state index in [1.165, 1.54) is 4.90 Å². The summed E-state index contributed by atoms with van der Waals surface area (Å²) in [5, 5.41) is 17.3. The molecule has 0 bridgehead atoms. The summed E-state index contributed by atoms with van der Waals surface area (Å²) in [7, 11) is 0. The van der Waals surface area contributed by atoms with Gasteiger partial charge in [-0.2, -0.15) is 0 Å². The van der Waals surface area contributed by atoms with E-state index < -0.39 is 34.5 Å². The predicted molar refractivity (Wildman–Crippen MR) is 470 cm³/mol. The number of hydrogen-bond acceptors (Lipinski definition) is 19. The molecule has 17 rings (SSSR count). The molecular weight excluding hydrogens is 1790 g/mol. The maximum absolute atomic E-state index is 13.0. The first-order chi connectivity index (χ1) is 55.4. The molecule has 4 amide bonds. The molecule has 6 aliphatic rings. The van der Waals surface area contributed by atoms with Crippen LogP contribution in [0.25, 0.3) is 43.6 Å². The third-order valence-electron chi connectivity index (χ3n) is 18.0. The molecule has 1 unspecified atom stereocenters. The van der Waals surface area contributed by atoms with Crippen molar-refractivity contribution in [3.8, 4) is 11.3 Å². The number of oxime groups is 1. The summed E-state index contributed by atoms with van der Waals surface area (Å²) in [6.45, 7) is 11.0. The predicted octanol–water partition coefficient (Wildman–Crippen LogP) is 21.2. The van der Waals surface area contributed by atoms with Crippen LogP contribution in [0.5, 0.6) is 0 Å². The van der Waals surface area contributed by atoms with E-state index in [-0.39, 0.29) is 71.0 Å². The monoisotopic (exact) mass is 1860 g/mol. The lowest BCUT2D eigenvalue weighted by atomic mass is 9.88. The number of benzene rings is 3. The van der Waals surface area contributed by atoms with E-state index in [9.17, 15) is 47.7 Å². The second-order valence-electron chi connectivity index (χ2n) is 28.8. The zero-order chi connectivity index (χ0) is 85.1. The number of Topliss-reactive ketones (excluding diaryl/α,β-unsaturated/α-hetero) is 3. The number of halogens is 10. The maximum Gasteiger partial charge on any atom is 0.417 e. The summed E-state index contributed by atoms with van der Waals surface area (Å²) in [4.78, 5) is 135. The number of likely N-dealkylation sites (tertiary alicyclic amines) is 1. The quantitative estimate of drug-likeness (QED) is 0.0274. The van der Waals surface area contributed by atoms with Crippen LogP contribution in [-0.4, -0.2) is 131 Å². The van der Waals surface area contributed by atoms with E-state index in [0.29, 0.717) is 62.0 Å². The van der Waals surface area contributed by atoms with E-state index in [1.807, 2.05) is 84.9 Å². The Labute approximate surface area is 732 Å². The normalized spacial score (nSPS) is 15.2. The van der Waals surface area contributed by atoms with Crippen molar-refractivity contribution < 1.29 is 52.8 Å². The van der Waals surface area contributed by atoms with Gasteiger partial charge in [0.15, 0.2) is 11.6 Å². The Morgan fingerprint density at radius 1 is 0.517 bits per heavy atom. The van der Waals surface area contributed by atoms with Crippen LogP contribution >= 0.6 is 125 Å². The van der Waals surface area contributed by atoms with E-state index in [1.54, 1.807) is 115 Å². The van der Waals surface area contributed by atoms with Crippen LogP contribution in [0.4, 0.5) is 9.59 Å². The molecule has 10 heterocycles. The molecule has 0 saturated carbocycles. The largest absolute Gasteiger partial charge is 0.443 e. The van der Waals surface area contributed by atoms with Crippen LogP contribution in [-0.2, 0) is 62.2 Å². The SMILES string of the molecule is CC(C)(C)OC(=O)N1CCC(=O)CC1=O.CC(C)(C)OC(=O)N1CCc2[nH]c3c(c2C1=O)CCc1cnc(Cl)cc1-3.Cl.Clc1cc2ccccc2cn1.O/N=C1\CCCc2cnc(Cl)cc21.O=C1CCCc2cnc(Cl)cc21.O=C1c2cc(Cl)ncc2CCC1Br.O=P(Cl)(Cl)Cl.O=c1cc2ccccc2c[nH]1.O=c1cc2ccccc2c[nH]1. The Morgan fingerprint density at radius 2 is 0.941 bits per heavy atom. The van der Waals surface area contributed by atoms with Gasteiger partial charge in [0, 0.05) is 121 Å². The number of alkyl halides is 1. The molecule has 0 spiro atoms. The van der Waals surface area contributed by atoms with Gasteiger partial charge >= 0.3 is 17.4 Å². The van der Waals surface area contributed by atoms with Crippen LogP contribution in [0.1, 0.15) is 157 Å². The van der Waals surface area contributed by atoms with E-state index in [2.05, 4.69) is 94.7 Å². The van der Waals surface area contributed by atoms with Crippen LogP contribution in [0.15, 0.2) is 173 Å². The zero-order valence-electron chi connectivity index (χ0n) is 64.4. The maximum atomic E-state index is 13.0. The fraction of sp³-hybridized carbons (Fsp3) is 0.289. The second kappa shape index (κ2) is 43.3. The fourth-order valence-electron chi connectivity index (χ4n) is 12.7. The van der Waals surface area contributed by atoms with Crippen molar-refractivity contribution in [2.24, 2.45) is 5.16 Å². The highest BCUT2D eigenvalue weighted by atomic mass is 79.9. The number of hydrogen-bond donors (Lipinski definition) is 4. The summed E-state index contributed by atoms with van der Waals surface area (Å²) >= 11 is 46.1. The lowest BCUT2D eigenvalue weighted by Gasteiger charge is -2.29. The van der Waals surface area contributed by atoms with Crippen molar-refractivity contribution in [1.82, 2.24) is 49.7 Å². The summed E-state index contributed by atoms with van der Waals surface area (Å²) in [5.74, 6) is -0.576. The molecule has 24 nitrogen and oxygen atoms in total. The molecule has 2 aliphatic heterocycles. The first-order valence-corrected chi connectivity index (χ1v) is 43.8. The average Bonchev–Trinajstić information content (AvgIpc) is 1.59. The van der Waals surface area contributed by atoms with Gasteiger partial charge in [-0.1, -0.05) is 152 Å². The van der Waals surface area contributed by atoms with Gasteiger partial charge in [-0.15, -0.1) is 12.4 Å². The highest BCUT2D eigenvalue weighted by molar-refractivity contribution is 9.10. The second-order valence-corrected chi connectivity index (χ2v) is 38.5. The number of nitrogens with zero attached hydrogens (tertiary/aromatic N) is 8. The Morgan fingerprint density at radius 3 is 1.46 bits per heavy atom. The molecular formula is C83H80BrCl9N11O13P. The molecule has 8 aromatic heterocycles. The van der Waals surface area contributed by atoms with Gasteiger partial charge < -0.3 is 29.6 Å². The van der Waals surface area contributed by atoms with Crippen molar-refractivity contribution in [3.63, 3.8) is 0 Å². The minimum atomic E-state index is -3.22. The number of pyridine rings is 7. The van der Waals surface area contributed by atoms with Gasteiger partial charge in [-0.05, 0) is 218 Å². The molecule has 1 saturated heterocycles. The minimum absolute atomic E-state index is 0. The average molecular weight is 1870 g/mol. The summed E-state index contributed by atoms with van der Waals surface area (Å²) < 4.78 is 19.9. The first-order valence-electron chi connectivity index (χ1n) is 36.6. The van der Waals surface area contributed by atoms with Gasteiger partial charge in [-0.25, -0.2) is 44.3 Å². The van der Waals surface area contributed by atoms with Gasteiger partial charge in [0.05, 0.1) is 28.2 Å². The number of ketones is 3. The number of aromatic amines is 3. The van der Waals surface area contributed by atoms with E-state index >= 15 is 0 Å². The highest BCUT2D eigenvalue weighted by Gasteiger charge is 2.38. The topological polar surface area (TPSA) is 340 Å².